The third-order valence-corrected chi connectivity index (χ3v) is 3.71. The van der Waals surface area contributed by atoms with Gasteiger partial charge in [-0.05, 0) is 45.8 Å². The van der Waals surface area contributed by atoms with Crippen LogP contribution in [0.1, 0.15) is 25.7 Å². The van der Waals surface area contributed by atoms with E-state index in [1.165, 1.54) is 45.3 Å². The van der Waals surface area contributed by atoms with Crippen LogP contribution in [-0.2, 0) is 4.74 Å². The minimum Gasteiger partial charge on any atom is -0.381 e. The van der Waals surface area contributed by atoms with E-state index < -0.39 is 0 Å². The first-order chi connectivity index (χ1) is 7.35. The van der Waals surface area contributed by atoms with E-state index >= 15 is 0 Å². The molecule has 0 aromatic heterocycles. The van der Waals surface area contributed by atoms with Gasteiger partial charge in [0.25, 0.3) is 0 Å². The molecule has 1 unspecified atom stereocenters. The number of likely N-dealkylation sites (tertiary alicyclic amines) is 1. The molecule has 2 rings (SSSR count). The van der Waals surface area contributed by atoms with Gasteiger partial charge in [0.05, 0.1) is 6.61 Å². The minimum absolute atomic E-state index is 0.386. The summed E-state index contributed by atoms with van der Waals surface area (Å²) in [5, 5.41) is 3.35. The molecule has 1 atom stereocenters. The van der Waals surface area contributed by atoms with E-state index in [9.17, 15) is 0 Å². The summed E-state index contributed by atoms with van der Waals surface area (Å²) in [6.07, 6.45) is 5.33. The number of nitrogens with one attached hydrogen (secondary N) is 1. The normalized spacial score (nSPS) is 33.4. The molecular formula is C12H24N2O. The summed E-state index contributed by atoms with van der Waals surface area (Å²) < 4.78 is 5.68. The highest BCUT2D eigenvalue weighted by atomic mass is 16.5. The lowest BCUT2D eigenvalue weighted by Gasteiger charge is -2.39. The van der Waals surface area contributed by atoms with E-state index in [2.05, 4.69) is 17.3 Å². The fraction of sp³-hybridized carbons (Fsp3) is 1.00. The van der Waals surface area contributed by atoms with Gasteiger partial charge in [0, 0.05) is 25.1 Å². The molecule has 0 saturated carbocycles. The molecule has 2 saturated heterocycles. The lowest BCUT2D eigenvalue weighted by molar-refractivity contribution is -0.0221. The van der Waals surface area contributed by atoms with Crippen LogP contribution in [0, 0.1) is 5.41 Å². The van der Waals surface area contributed by atoms with Crippen molar-refractivity contribution in [1.82, 2.24) is 10.2 Å². The van der Waals surface area contributed by atoms with Gasteiger partial charge in [-0.1, -0.05) is 0 Å². The van der Waals surface area contributed by atoms with Crippen LogP contribution in [0.2, 0.25) is 0 Å². The zero-order valence-corrected chi connectivity index (χ0v) is 9.93. The SMILES string of the molecule is CNCC1(CN2CCCC2)CCCOC1. The Balaban J connectivity index is 1.90. The van der Waals surface area contributed by atoms with Gasteiger partial charge in [-0.25, -0.2) is 0 Å². The zero-order chi connectivity index (χ0) is 10.6. The summed E-state index contributed by atoms with van der Waals surface area (Å²) in [6.45, 7) is 6.84. The van der Waals surface area contributed by atoms with Crippen LogP contribution in [0.3, 0.4) is 0 Å². The van der Waals surface area contributed by atoms with Gasteiger partial charge >= 0.3 is 0 Å². The molecule has 2 aliphatic rings. The maximum absolute atomic E-state index is 5.68. The fourth-order valence-electron chi connectivity index (χ4n) is 3.02. The van der Waals surface area contributed by atoms with Crippen LogP contribution in [0.25, 0.3) is 0 Å². The molecule has 3 nitrogen and oxygen atoms in total. The molecule has 88 valence electrons. The van der Waals surface area contributed by atoms with Gasteiger partial charge < -0.3 is 15.0 Å². The van der Waals surface area contributed by atoms with Gasteiger partial charge in [-0.15, -0.1) is 0 Å². The lowest BCUT2D eigenvalue weighted by atomic mass is 9.82. The quantitative estimate of drug-likeness (QED) is 0.755. The highest BCUT2D eigenvalue weighted by Gasteiger charge is 2.34. The Morgan fingerprint density at radius 1 is 1.27 bits per heavy atom. The molecular weight excluding hydrogens is 188 g/mol. The first kappa shape index (κ1) is 11.4. The largest absolute Gasteiger partial charge is 0.381 e. The molecule has 0 radical (unpaired) electrons. The molecule has 15 heavy (non-hydrogen) atoms. The first-order valence-corrected chi connectivity index (χ1v) is 6.29. The highest BCUT2D eigenvalue weighted by Crippen LogP contribution is 2.30. The topological polar surface area (TPSA) is 24.5 Å². The third kappa shape index (κ3) is 2.92. The van der Waals surface area contributed by atoms with Crippen molar-refractivity contribution in [2.75, 3.05) is 46.4 Å². The van der Waals surface area contributed by atoms with E-state index in [1.807, 2.05) is 0 Å². The van der Waals surface area contributed by atoms with Gasteiger partial charge in [-0.2, -0.15) is 0 Å². The van der Waals surface area contributed by atoms with E-state index in [4.69, 9.17) is 4.74 Å². The summed E-state index contributed by atoms with van der Waals surface area (Å²) in [4.78, 5) is 2.62. The standard InChI is InChI=1S/C12H24N2O/c1-13-9-12(5-4-8-15-11-12)10-14-6-2-3-7-14/h13H,2-11H2,1H3. The van der Waals surface area contributed by atoms with Crippen LogP contribution in [0.5, 0.6) is 0 Å². The van der Waals surface area contributed by atoms with Crippen LogP contribution < -0.4 is 5.32 Å². The number of hydrogen-bond acceptors (Lipinski definition) is 3. The van der Waals surface area contributed by atoms with Crippen molar-refractivity contribution in [1.29, 1.82) is 0 Å². The van der Waals surface area contributed by atoms with E-state index in [1.54, 1.807) is 0 Å². The Hall–Kier alpha value is -0.120. The van der Waals surface area contributed by atoms with Gasteiger partial charge in [0.2, 0.25) is 0 Å². The minimum atomic E-state index is 0.386. The number of hydrogen-bond donors (Lipinski definition) is 1. The summed E-state index contributed by atoms with van der Waals surface area (Å²) in [7, 11) is 2.06. The summed E-state index contributed by atoms with van der Waals surface area (Å²) >= 11 is 0. The van der Waals surface area contributed by atoms with Crippen molar-refractivity contribution in [2.24, 2.45) is 5.41 Å². The van der Waals surface area contributed by atoms with Crippen molar-refractivity contribution >= 4 is 0 Å². The third-order valence-electron chi connectivity index (χ3n) is 3.71. The molecule has 2 fully saturated rings. The molecule has 0 aliphatic carbocycles. The maximum atomic E-state index is 5.68. The Morgan fingerprint density at radius 3 is 2.67 bits per heavy atom. The fourth-order valence-corrected chi connectivity index (χ4v) is 3.02. The molecule has 0 amide bonds. The Labute approximate surface area is 93.2 Å². The monoisotopic (exact) mass is 212 g/mol. The predicted molar refractivity (Wildman–Crippen MR) is 62.1 cm³/mol. The van der Waals surface area contributed by atoms with E-state index in [-0.39, 0.29) is 0 Å². The number of rotatable bonds is 4. The maximum Gasteiger partial charge on any atom is 0.0546 e. The average molecular weight is 212 g/mol. The number of ether oxygens (including phenoxy) is 1. The molecule has 0 bridgehead atoms. The van der Waals surface area contributed by atoms with Gasteiger partial charge in [0.15, 0.2) is 0 Å². The highest BCUT2D eigenvalue weighted by molar-refractivity contribution is 4.87. The van der Waals surface area contributed by atoms with Crippen molar-refractivity contribution in [3.05, 3.63) is 0 Å². The smallest absolute Gasteiger partial charge is 0.0546 e. The average Bonchev–Trinajstić information content (AvgIpc) is 2.72. The molecule has 3 heteroatoms. The number of nitrogens with zero attached hydrogens (tertiary/aromatic N) is 1. The second kappa shape index (κ2) is 5.28. The second-order valence-corrected chi connectivity index (χ2v) is 5.17. The molecule has 2 heterocycles. The van der Waals surface area contributed by atoms with Crippen molar-refractivity contribution < 1.29 is 4.74 Å². The Kier molecular flexibility index (Phi) is 4.00. The van der Waals surface area contributed by atoms with Gasteiger partial charge in [-0.3, -0.25) is 0 Å². The Bertz CT molecular complexity index is 179. The predicted octanol–water partition coefficient (Wildman–Crippen LogP) is 1.10. The Morgan fingerprint density at radius 2 is 2.07 bits per heavy atom. The molecule has 0 aromatic carbocycles. The van der Waals surface area contributed by atoms with Crippen LogP contribution >= 0.6 is 0 Å². The summed E-state index contributed by atoms with van der Waals surface area (Å²) in [6, 6.07) is 0. The van der Waals surface area contributed by atoms with E-state index in [0.717, 1.165) is 19.8 Å². The van der Waals surface area contributed by atoms with Crippen molar-refractivity contribution in [3.8, 4) is 0 Å². The van der Waals surface area contributed by atoms with Gasteiger partial charge in [0.1, 0.15) is 0 Å². The van der Waals surface area contributed by atoms with Crippen LogP contribution in [0.15, 0.2) is 0 Å². The van der Waals surface area contributed by atoms with Crippen molar-refractivity contribution in [2.45, 2.75) is 25.7 Å². The molecule has 0 spiro atoms. The summed E-state index contributed by atoms with van der Waals surface area (Å²) in [5.41, 5.74) is 0.386. The zero-order valence-electron chi connectivity index (χ0n) is 9.93. The van der Waals surface area contributed by atoms with Crippen molar-refractivity contribution in [3.63, 3.8) is 0 Å². The van der Waals surface area contributed by atoms with E-state index in [0.29, 0.717) is 5.41 Å². The second-order valence-electron chi connectivity index (χ2n) is 5.17. The van der Waals surface area contributed by atoms with Crippen LogP contribution in [-0.4, -0.2) is 51.3 Å². The molecule has 2 aliphatic heterocycles. The van der Waals surface area contributed by atoms with Crippen LogP contribution in [0.4, 0.5) is 0 Å². The summed E-state index contributed by atoms with van der Waals surface area (Å²) in [5.74, 6) is 0. The molecule has 1 N–H and O–H groups in total. The molecule has 0 aromatic rings. The first-order valence-electron chi connectivity index (χ1n) is 6.29. The lowest BCUT2D eigenvalue weighted by Crippen LogP contribution is -2.47.